The highest BCUT2D eigenvalue weighted by Crippen LogP contribution is 2.15. The van der Waals surface area contributed by atoms with Crippen molar-refractivity contribution in [2.75, 3.05) is 58.9 Å². The highest BCUT2D eigenvalue weighted by Gasteiger charge is 2.18. The van der Waals surface area contributed by atoms with E-state index in [9.17, 15) is 29.7 Å². The number of carboxylic acid groups (broad SMARTS) is 3. The van der Waals surface area contributed by atoms with Crippen LogP contribution < -0.4 is 16.0 Å². The summed E-state index contributed by atoms with van der Waals surface area (Å²) in [6.07, 6.45) is 37.1. The molecule has 0 saturated heterocycles. The second kappa shape index (κ2) is 43.1. The minimum Gasteiger partial charge on any atom is -0.480 e. The van der Waals surface area contributed by atoms with Crippen LogP contribution >= 0.6 is 0 Å². The molecule has 0 aliphatic heterocycles. The number of allylic oxidation sites excluding steroid dienone is 1. The number of aliphatic carboxylic acids is 3. The molecule has 0 aromatic heterocycles. The molecule has 0 radical (unpaired) electrons. The van der Waals surface area contributed by atoms with Crippen molar-refractivity contribution in [3.05, 3.63) is 11.8 Å². The van der Waals surface area contributed by atoms with Crippen molar-refractivity contribution < 1.29 is 29.7 Å². The van der Waals surface area contributed by atoms with Crippen LogP contribution in [-0.4, -0.2) is 103 Å². The maximum absolute atomic E-state index is 12.0. The van der Waals surface area contributed by atoms with Crippen molar-refractivity contribution in [3.63, 3.8) is 0 Å². The van der Waals surface area contributed by atoms with Gasteiger partial charge in [0, 0.05) is 45.8 Å². The number of hydrogen-bond acceptors (Lipinski definition) is 8. The van der Waals surface area contributed by atoms with E-state index in [2.05, 4.69) is 34.8 Å². The molecule has 0 unspecified atom stereocenters. The van der Waals surface area contributed by atoms with Gasteiger partial charge in [-0.1, -0.05) is 180 Å². The summed E-state index contributed by atoms with van der Waals surface area (Å²) in [5.41, 5.74) is 0.347. The lowest BCUT2D eigenvalue weighted by Crippen LogP contribution is -2.39. The molecule has 0 atom stereocenters. The SMILES string of the molecule is CCCCCCCCCCCCCCCC=C(C(=O)O)N(CCNCCNCCNCCN=C(CCCCCCCCCCCCCCCC)C(=O)O)CC(=O)O. The molecule has 0 spiro atoms. The predicted octanol–water partition coefficient (Wildman–Crippen LogP) is 9.99. The Balaban J connectivity index is 4.01. The lowest BCUT2D eigenvalue weighted by molar-refractivity contribution is -0.139. The average molecular weight is 808 g/mol. The van der Waals surface area contributed by atoms with Gasteiger partial charge in [-0.15, -0.1) is 0 Å². The Morgan fingerprint density at radius 2 is 0.877 bits per heavy atom. The van der Waals surface area contributed by atoms with Crippen LogP contribution in [0.1, 0.15) is 200 Å². The topological polar surface area (TPSA) is 164 Å². The molecule has 11 nitrogen and oxygen atoms in total. The van der Waals surface area contributed by atoms with Gasteiger partial charge in [-0.05, 0) is 25.7 Å². The lowest BCUT2D eigenvalue weighted by atomic mass is 10.0. The zero-order chi connectivity index (χ0) is 41.9. The first-order valence-corrected chi connectivity index (χ1v) is 23.6. The number of unbranched alkanes of at least 4 members (excludes halogenated alkanes) is 26. The Hall–Kier alpha value is -2.50. The Labute approximate surface area is 349 Å². The Morgan fingerprint density at radius 3 is 1.28 bits per heavy atom. The second-order valence-electron chi connectivity index (χ2n) is 16.0. The van der Waals surface area contributed by atoms with E-state index in [1.807, 2.05) is 0 Å². The number of rotatable bonds is 46. The van der Waals surface area contributed by atoms with Crippen LogP contribution in [0.2, 0.25) is 0 Å². The minimum absolute atomic E-state index is 0.0666. The summed E-state index contributed by atoms with van der Waals surface area (Å²) in [5.74, 6) is -3.05. The molecular weight excluding hydrogens is 719 g/mol. The lowest BCUT2D eigenvalue weighted by Gasteiger charge is -2.23. The van der Waals surface area contributed by atoms with E-state index in [0.29, 0.717) is 52.1 Å². The van der Waals surface area contributed by atoms with Gasteiger partial charge in [-0.3, -0.25) is 9.79 Å². The van der Waals surface area contributed by atoms with Crippen LogP contribution in [0.5, 0.6) is 0 Å². The third kappa shape index (κ3) is 38.8. The van der Waals surface area contributed by atoms with E-state index in [0.717, 1.165) is 45.2 Å². The molecule has 0 fully saturated rings. The quantitative estimate of drug-likeness (QED) is 0.0198. The highest BCUT2D eigenvalue weighted by molar-refractivity contribution is 6.35. The largest absolute Gasteiger partial charge is 0.480 e. The minimum atomic E-state index is -1.09. The fourth-order valence-corrected chi connectivity index (χ4v) is 7.15. The number of nitrogens with zero attached hydrogens (tertiary/aromatic N) is 2. The third-order valence-electron chi connectivity index (χ3n) is 10.7. The standard InChI is InChI=1S/C46H89N5O6/c1-3-5-7-9-11-13-15-17-19-21-23-25-27-29-31-42(45(54)55)50-38-37-48-34-33-47-35-36-49-39-40-51(41-44(52)53)43(46(56)57)32-30-28-26-24-22-20-18-16-14-12-10-8-6-4-2/h32,47-49H,3-31,33-41H2,1-2H3,(H,52,53)(H,54,55)(H,56,57). The van der Waals surface area contributed by atoms with Crippen molar-refractivity contribution in [1.29, 1.82) is 0 Å². The highest BCUT2D eigenvalue weighted by atomic mass is 16.4. The van der Waals surface area contributed by atoms with Crippen molar-refractivity contribution in [2.24, 2.45) is 4.99 Å². The van der Waals surface area contributed by atoms with Crippen LogP contribution in [0.25, 0.3) is 0 Å². The first kappa shape index (κ1) is 54.5. The first-order valence-electron chi connectivity index (χ1n) is 23.6. The Bertz CT molecular complexity index is 1010. The van der Waals surface area contributed by atoms with Crippen molar-refractivity contribution >= 4 is 23.6 Å². The molecule has 0 aromatic rings. The molecule has 0 heterocycles. The molecule has 11 heteroatoms. The van der Waals surface area contributed by atoms with Gasteiger partial charge < -0.3 is 36.2 Å². The maximum Gasteiger partial charge on any atom is 0.351 e. The third-order valence-corrected chi connectivity index (χ3v) is 10.7. The van der Waals surface area contributed by atoms with Gasteiger partial charge in [0.1, 0.15) is 18.0 Å². The summed E-state index contributed by atoms with van der Waals surface area (Å²) in [7, 11) is 0. The number of aliphatic imine (C=N–C) groups is 1. The molecule has 6 N–H and O–H groups in total. The van der Waals surface area contributed by atoms with Gasteiger partial charge in [-0.2, -0.15) is 0 Å². The van der Waals surface area contributed by atoms with E-state index < -0.39 is 17.9 Å². The van der Waals surface area contributed by atoms with E-state index >= 15 is 0 Å². The molecule has 0 aliphatic carbocycles. The summed E-state index contributed by atoms with van der Waals surface area (Å²) >= 11 is 0. The maximum atomic E-state index is 12.0. The second-order valence-corrected chi connectivity index (χ2v) is 16.0. The molecule has 0 aliphatic rings. The van der Waals surface area contributed by atoms with Crippen LogP contribution in [0.4, 0.5) is 0 Å². The summed E-state index contributed by atoms with van der Waals surface area (Å²) in [5, 5.41) is 38.7. The summed E-state index contributed by atoms with van der Waals surface area (Å²) in [4.78, 5) is 40.9. The molecule has 0 saturated carbocycles. The zero-order valence-corrected chi connectivity index (χ0v) is 36.9. The Kier molecular flexibility index (Phi) is 41.2. The molecular formula is C46H89N5O6. The van der Waals surface area contributed by atoms with E-state index in [1.165, 1.54) is 146 Å². The summed E-state index contributed by atoms with van der Waals surface area (Å²) in [6, 6.07) is 0. The van der Waals surface area contributed by atoms with Gasteiger partial charge in [0.2, 0.25) is 0 Å². The van der Waals surface area contributed by atoms with Crippen LogP contribution in [-0.2, 0) is 14.4 Å². The van der Waals surface area contributed by atoms with Crippen LogP contribution in [0, 0.1) is 0 Å². The molecule has 57 heavy (non-hydrogen) atoms. The van der Waals surface area contributed by atoms with Gasteiger partial charge >= 0.3 is 17.9 Å². The number of carboxylic acids is 3. The van der Waals surface area contributed by atoms with Gasteiger partial charge in [-0.25, -0.2) is 9.59 Å². The summed E-state index contributed by atoms with van der Waals surface area (Å²) < 4.78 is 0. The number of carbonyl (C=O) groups is 3. The van der Waals surface area contributed by atoms with Crippen molar-refractivity contribution in [1.82, 2.24) is 20.9 Å². The fraction of sp³-hybridized carbons (Fsp3) is 0.870. The smallest absolute Gasteiger partial charge is 0.351 e. The normalized spacial score (nSPS) is 12.0. The van der Waals surface area contributed by atoms with E-state index in [1.54, 1.807) is 6.08 Å². The zero-order valence-electron chi connectivity index (χ0n) is 36.9. The molecule has 334 valence electrons. The monoisotopic (exact) mass is 808 g/mol. The Morgan fingerprint density at radius 1 is 0.491 bits per heavy atom. The van der Waals surface area contributed by atoms with E-state index in [4.69, 9.17) is 0 Å². The molecule has 0 aromatic carbocycles. The van der Waals surface area contributed by atoms with Gasteiger partial charge in [0.15, 0.2) is 0 Å². The first-order chi connectivity index (χ1) is 27.8. The van der Waals surface area contributed by atoms with Gasteiger partial charge in [0.25, 0.3) is 0 Å². The molecule has 0 rings (SSSR count). The average Bonchev–Trinajstić information content (AvgIpc) is 3.18. The van der Waals surface area contributed by atoms with E-state index in [-0.39, 0.29) is 18.0 Å². The summed E-state index contributed by atoms with van der Waals surface area (Å²) in [6.45, 7) is 8.84. The fourth-order valence-electron chi connectivity index (χ4n) is 7.15. The van der Waals surface area contributed by atoms with Crippen LogP contribution in [0.3, 0.4) is 0 Å². The van der Waals surface area contributed by atoms with Crippen molar-refractivity contribution in [3.8, 4) is 0 Å². The molecule has 0 amide bonds. The van der Waals surface area contributed by atoms with Crippen LogP contribution in [0.15, 0.2) is 16.8 Å². The van der Waals surface area contributed by atoms with Crippen molar-refractivity contribution in [2.45, 2.75) is 200 Å². The predicted molar refractivity (Wildman–Crippen MR) is 239 cm³/mol. The molecule has 0 bridgehead atoms. The van der Waals surface area contributed by atoms with Gasteiger partial charge in [0.05, 0.1) is 6.54 Å². The number of hydrogen-bond donors (Lipinski definition) is 6. The number of nitrogens with one attached hydrogen (secondary N) is 3.